The van der Waals surface area contributed by atoms with E-state index < -0.39 is 0 Å². The van der Waals surface area contributed by atoms with Crippen LogP contribution in [0.15, 0.2) is 37.6 Å². The first-order chi connectivity index (χ1) is 13.1. The molecule has 0 saturated carbocycles. The van der Waals surface area contributed by atoms with E-state index in [1.54, 1.807) is 15.4 Å². The van der Waals surface area contributed by atoms with Crippen molar-refractivity contribution >= 4 is 11.6 Å². The van der Waals surface area contributed by atoms with Gasteiger partial charge in [0.2, 0.25) is 11.6 Å². The SMILES string of the molecule is C=CC(=O)N1CCCC(Oc2nc(-c3cnn(C)c3)cn3ncnc23)CC1. The number of hydrogen-bond donors (Lipinski definition) is 0. The predicted octanol–water partition coefficient (Wildman–Crippen LogP) is 1.47. The zero-order valence-corrected chi connectivity index (χ0v) is 15.2. The fourth-order valence-corrected chi connectivity index (χ4v) is 3.26. The maximum absolute atomic E-state index is 11.9. The van der Waals surface area contributed by atoms with Crippen LogP contribution in [-0.4, -0.2) is 59.4 Å². The van der Waals surface area contributed by atoms with Crippen molar-refractivity contribution in [2.24, 2.45) is 7.05 Å². The molecule has 9 nitrogen and oxygen atoms in total. The number of amides is 1. The fraction of sp³-hybridized carbons (Fsp3) is 0.389. The van der Waals surface area contributed by atoms with Crippen molar-refractivity contribution in [3.8, 4) is 17.1 Å². The fourth-order valence-electron chi connectivity index (χ4n) is 3.26. The van der Waals surface area contributed by atoms with Crippen molar-refractivity contribution in [3.63, 3.8) is 0 Å². The number of carbonyl (C=O) groups is 1. The van der Waals surface area contributed by atoms with Gasteiger partial charge in [0.05, 0.1) is 18.1 Å². The maximum Gasteiger partial charge on any atom is 0.260 e. The van der Waals surface area contributed by atoms with Gasteiger partial charge < -0.3 is 9.64 Å². The molecule has 1 saturated heterocycles. The van der Waals surface area contributed by atoms with Crippen LogP contribution in [0.25, 0.3) is 16.9 Å². The third kappa shape index (κ3) is 3.53. The molecule has 1 aliphatic rings. The van der Waals surface area contributed by atoms with E-state index in [0.29, 0.717) is 30.3 Å². The first kappa shape index (κ1) is 17.2. The monoisotopic (exact) mass is 367 g/mol. The molecule has 0 radical (unpaired) electrons. The molecule has 0 aromatic carbocycles. The number of nitrogens with zero attached hydrogens (tertiary/aromatic N) is 7. The van der Waals surface area contributed by atoms with Crippen molar-refractivity contribution in [1.82, 2.24) is 34.3 Å². The van der Waals surface area contributed by atoms with Crippen LogP contribution in [0.4, 0.5) is 0 Å². The smallest absolute Gasteiger partial charge is 0.260 e. The highest BCUT2D eigenvalue weighted by molar-refractivity contribution is 5.86. The average molecular weight is 367 g/mol. The largest absolute Gasteiger partial charge is 0.472 e. The molecule has 27 heavy (non-hydrogen) atoms. The summed E-state index contributed by atoms with van der Waals surface area (Å²) in [6, 6.07) is 0. The first-order valence-corrected chi connectivity index (χ1v) is 8.91. The molecular formula is C18H21N7O2. The standard InChI is InChI=1S/C18H21N7O2/c1-3-16(26)24-7-4-5-14(6-8-24)27-18-17-19-12-21-25(17)11-15(22-18)13-9-20-23(2)10-13/h3,9-12,14H,1,4-8H2,2H3. The van der Waals surface area contributed by atoms with Gasteiger partial charge in [-0.1, -0.05) is 6.58 Å². The van der Waals surface area contributed by atoms with E-state index in [1.165, 1.54) is 12.4 Å². The van der Waals surface area contributed by atoms with Gasteiger partial charge >= 0.3 is 0 Å². The van der Waals surface area contributed by atoms with Gasteiger partial charge in [0.15, 0.2) is 0 Å². The molecule has 3 aromatic heterocycles. The lowest BCUT2D eigenvalue weighted by molar-refractivity contribution is -0.126. The Morgan fingerprint density at radius 2 is 2.19 bits per heavy atom. The Labute approximate surface area is 156 Å². The summed E-state index contributed by atoms with van der Waals surface area (Å²) < 4.78 is 9.60. The molecular weight excluding hydrogens is 346 g/mol. The molecule has 9 heteroatoms. The summed E-state index contributed by atoms with van der Waals surface area (Å²) in [4.78, 5) is 22.6. The highest BCUT2D eigenvalue weighted by Crippen LogP contribution is 2.25. The minimum Gasteiger partial charge on any atom is -0.472 e. The number of fused-ring (bicyclic) bond motifs is 1. The average Bonchev–Trinajstić information content (AvgIpc) is 3.26. The molecule has 0 aliphatic carbocycles. The molecule has 1 amide bonds. The Hall–Kier alpha value is -3.23. The van der Waals surface area contributed by atoms with Gasteiger partial charge in [-0.05, 0) is 18.9 Å². The van der Waals surface area contributed by atoms with Gasteiger partial charge in [-0.15, -0.1) is 0 Å². The molecule has 1 unspecified atom stereocenters. The molecule has 4 heterocycles. The third-order valence-corrected chi connectivity index (χ3v) is 4.67. The summed E-state index contributed by atoms with van der Waals surface area (Å²) in [5, 5.41) is 8.42. The lowest BCUT2D eigenvalue weighted by Gasteiger charge is -2.19. The van der Waals surface area contributed by atoms with Crippen LogP contribution in [-0.2, 0) is 11.8 Å². The number of ether oxygens (including phenoxy) is 1. The molecule has 140 valence electrons. The van der Waals surface area contributed by atoms with Crippen molar-refractivity contribution in [2.75, 3.05) is 13.1 Å². The van der Waals surface area contributed by atoms with E-state index in [4.69, 9.17) is 4.74 Å². The summed E-state index contributed by atoms with van der Waals surface area (Å²) in [6.45, 7) is 4.92. The molecule has 1 aliphatic heterocycles. The van der Waals surface area contributed by atoms with Crippen LogP contribution in [0, 0.1) is 0 Å². The van der Waals surface area contributed by atoms with Gasteiger partial charge in [-0.25, -0.2) is 14.5 Å². The van der Waals surface area contributed by atoms with Crippen molar-refractivity contribution in [1.29, 1.82) is 0 Å². The maximum atomic E-state index is 11.9. The van der Waals surface area contributed by atoms with E-state index in [1.807, 2.05) is 24.3 Å². The Balaban J connectivity index is 1.59. The summed E-state index contributed by atoms with van der Waals surface area (Å²) in [6.07, 6.45) is 10.7. The van der Waals surface area contributed by atoms with E-state index >= 15 is 0 Å². The highest BCUT2D eigenvalue weighted by Gasteiger charge is 2.22. The molecule has 0 N–H and O–H groups in total. The number of aryl methyl sites for hydroxylation is 1. The molecule has 3 aromatic rings. The Morgan fingerprint density at radius 3 is 2.96 bits per heavy atom. The second kappa shape index (κ2) is 7.18. The topological polar surface area (TPSA) is 90.4 Å². The van der Waals surface area contributed by atoms with E-state index in [2.05, 4.69) is 26.7 Å². The van der Waals surface area contributed by atoms with Crippen molar-refractivity contribution in [3.05, 3.63) is 37.6 Å². The summed E-state index contributed by atoms with van der Waals surface area (Å²) >= 11 is 0. The van der Waals surface area contributed by atoms with Crippen molar-refractivity contribution < 1.29 is 9.53 Å². The lowest BCUT2D eigenvalue weighted by Crippen LogP contribution is -2.30. The molecule has 0 spiro atoms. The minimum absolute atomic E-state index is 0.0350. The first-order valence-electron chi connectivity index (χ1n) is 8.91. The number of likely N-dealkylation sites (tertiary alicyclic amines) is 1. The molecule has 4 rings (SSSR count). The summed E-state index contributed by atoms with van der Waals surface area (Å²) in [7, 11) is 1.86. The Kier molecular flexibility index (Phi) is 4.57. The van der Waals surface area contributed by atoms with Crippen LogP contribution in [0.5, 0.6) is 5.88 Å². The van der Waals surface area contributed by atoms with Gasteiger partial charge in [0.1, 0.15) is 12.4 Å². The van der Waals surface area contributed by atoms with Gasteiger partial charge in [-0.3, -0.25) is 9.48 Å². The second-order valence-electron chi connectivity index (χ2n) is 6.56. The van der Waals surface area contributed by atoms with E-state index in [9.17, 15) is 4.79 Å². The van der Waals surface area contributed by atoms with Gasteiger partial charge in [0, 0.05) is 38.3 Å². The van der Waals surface area contributed by atoms with Crippen LogP contribution in [0.2, 0.25) is 0 Å². The predicted molar refractivity (Wildman–Crippen MR) is 98.0 cm³/mol. The van der Waals surface area contributed by atoms with Gasteiger partial charge in [0.25, 0.3) is 5.88 Å². The van der Waals surface area contributed by atoms with Crippen LogP contribution in [0.3, 0.4) is 0 Å². The summed E-state index contributed by atoms with van der Waals surface area (Å²) in [5.41, 5.74) is 2.17. The van der Waals surface area contributed by atoms with E-state index in [-0.39, 0.29) is 12.0 Å². The number of aromatic nitrogens is 6. The zero-order valence-electron chi connectivity index (χ0n) is 15.2. The Bertz CT molecular complexity index is 977. The third-order valence-electron chi connectivity index (χ3n) is 4.67. The Morgan fingerprint density at radius 1 is 1.30 bits per heavy atom. The lowest BCUT2D eigenvalue weighted by atomic mass is 10.2. The number of rotatable bonds is 4. The van der Waals surface area contributed by atoms with Gasteiger partial charge in [-0.2, -0.15) is 10.2 Å². The number of hydrogen-bond acceptors (Lipinski definition) is 6. The normalized spacial score (nSPS) is 17.7. The van der Waals surface area contributed by atoms with Crippen LogP contribution < -0.4 is 4.74 Å². The highest BCUT2D eigenvalue weighted by atomic mass is 16.5. The zero-order chi connectivity index (χ0) is 18.8. The molecule has 1 fully saturated rings. The molecule has 0 bridgehead atoms. The van der Waals surface area contributed by atoms with E-state index in [0.717, 1.165) is 24.8 Å². The molecule has 1 atom stereocenters. The number of carbonyl (C=O) groups excluding carboxylic acids is 1. The quantitative estimate of drug-likeness (QED) is 0.649. The summed E-state index contributed by atoms with van der Waals surface area (Å²) in [5.74, 6) is 0.412. The van der Waals surface area contributed by atoms with Crippen LogP contribution >= 0.6 is 0 Å². The van der Waals surface area contributed by atoms with Crippen molar-refractivity contribution in [2.45, 2.75) is 25.4 Å². The minimum atomic E-state index is -0.0373. The van der Waals surface area contributed by atoms with Crippen LogP contribution in [0.1, 0.15) is 19.3 Å². The second-order valence-corrected chi connectivity index (χ2v) is 6.56.